The van der Waals surface area contributed by atoms with Gasteiger partial charge in [-0.25, -0.2) is 0 Å². The molecule has 0 aliphatic rings. The number of benzene rings is 5. The van der Waals surface area contributed by atoms with E-state index in [1.165, 1.54) is 55.0 Å². The lowest BCUT2D eigenvalue weighted by molar-refractivity contribution is 1.05. The van der Waals surface area contributed by atoms with Gasteiger partial charge in [-0.2, -0.15) is 0 Å². The predicted molar refractivity (Wildman–Crippen MR) is 172 cm³/mol. The third kappa shape index (κ3) is 3.74. The Kier molecular flexibility index (Phi) is 5.26. The summed E-state index contributed by atoms with van der Waals surface area (Å²) in [6, 6.07) is 41.1. The van der Waals surface area contributed by atoms with Crippen LogP contribution in [0.3, 0.4) is 0 Å². The first-order valence-corrected chi connectivity index (χ1v) is 14.0. The maximum absolute atomic E-state index is 4.87. The van der Waals surface area contributed by atoms with Crippen LogP contribution >= 0.6 is 0 Å². The Hall–Kier alpha value is -5.28. The van der Waals surface area contributed by atoms with Crippen LogP contribution in [0.15, 0.2) is 128 Å². The van der Waals surface area contributed by atoms with E-state index in [9.17, 15) is 0 Å². The van der Waals surface area contributed by atoms with E-state index in [2.05, 4.69) is 120 Å². The van der Waals surface area contributed by atoms with E-state index in [0.29, 0.717) is 0 Å². The minimum absolute atomic E-state index is 0.922. The first-order valence-electron chi connectivity index (χ1n) is 14.0. The molecule has 0 unspecified atom stereocenters. The summed E-state index contributed by atoms with van der Waals surface area (Å²) in [7, 11) is 0. The van der Waals surface area contributed by atoms with Crippen molar-refractivity contribution < 1.29 is 0 Å². The normalized spacial score (nSPS) is 11.7. The van der Waals surface area contributed by atoms with Gasteiger partial charge in [0.2, 0.25) is 0 Å². The third-order valence-electron chi connectivity index (χ3n) is 8.49. The van der Waals surface area contributed by atoms with Gasteiger partial charge in [-0.15, -0.1) is 0 Å². The number of nitrogens with zero attached hydrogens (tertiary/aromatic N) is 3. The monoisotopic (exact) mass is 525 g/mol. The van der Waals surface area contributed by atoms with Crippen molar-refractivity contribution >= 4 is 43.4 Å². The molecule has 0 saturated heterocycles. The van der Waals surface area contributed by atoms with Gasteiger partial charge in [0.15, 0.2) is 0 Å². The minimum atomic E-state index is 0.922. The average molecular weight is 526 g/mol. The van der Waals surface area contributed by atoms with Gasteiger partial charge in [0.25, 0.3) is 0 Å². The summed E-state index contributed by atoms with van der Waals surface area (Å²) < 4.78 is 2.43. The summed E-state index contributed by atoms with van der Waals surface area (Å²) in [6.45, 7) is 4.46. The second kappa shape index (κ2) is 9.14. The molecular formula is C38H27N3. The first-order chi connectivity index (χ1) is 20.2. The average Bonchev–Trinajstić information content (AvgIpc) is 3.30. The highest BCUT2D eigenvalue weighted by Gasteiger charge is 2.17. The van der Waals surface area contributed by atoms with Crippen molar-refractivity contribution in [2.45, 2.75) is 13.8 Å². The molecule has 0 radical (unpaired) electrons. The lowest BCUT2D eigenvalue weighted by atomic mass is 9.97. The van der Waals surface area contributed by atoms with Crippen molar-refractivity contribution in [2.24, 2.45) is 0 Å². The predicted octanol–water partition coefficient (Wildman–Crippen LogP) is 9.83. The van der Waals surface area contributed by atoms with Gasteiger partial charge in [-0.3, -0.25) is 9.97 Å². The molecule has 3 aromatic heterocycles. The summed E-state index contributed by atoms with van der Waals surface area (Å²) in [5, 5.41) is 7.38. The van der Waals surface area contributed by atoms with Crippen LogP contribution in [0.5, 0.6) is 0 Å². The standard InChI is InChI=1S/C38H27N3/c1-24-25(2)41(31-16-14-26-8-3-4-9-27(26)21-31)38-32(24)17-18-34-33(11-7-12-35(34)38)29-15-19-37(39-22-29)30-20-28-10-5-6-13-36(28)40-23-30/h3-23H,1-2H3. The Balaban J connectivity index is 1.28. The fourth-order valence-electron chi connectivity index (χ4n) is 6.24. The Bertz CT molecular complexity index is 2270. The van der Waals surface area contributed by atoms with Crippen LogP contribution in [0.1, 0.15) is 11.3 Å². The summed E-state index contributed by atoms with van der Waals surface area (Å²) in [4.78, 5) is 9.49. The third-order valence-corrected chi connectivity index (χ3v) is 8.49. The van der Waals surface area contributed by atoms with Crippen LogP contribution < -0.4 is 0 Å². The van der Waals surface area contributed by atoms with Crippen molar-refractivity contribution in [3.05, 3.63) is 139 Å². The van der Waals surface area contributed by atoms with Gasteiger partial charge in [0, 0.05) is 51.1 Å². The first kappa shape index (κ1) is 23.6. The molecule has 3 heteroatoms. The van der Waals surface area contributed by atoms with Gasteiger partial charge in [-0.05, 0) is 71.5 Å². The topological polar surface area (TPSA) is 30.7 Å². The zero-order valence-corrected chi connectivity index (χ0v) is 23.0. The Labute approximate surface area is 238 Å². The molecule has 0 aliphatic carbocycles. The number of rotatable bonds is 3. The van der Waals surface area contributed by atoms with Crippen LogP contribution in [0.25, 0.3) is 71.4 Å². The SMILES string of the molecule is Cc1c(C)n(-c2ccc3ccccc3c2)c2c1ccc1c(-c3ccc(-c4cnc5ccccc5c4)nc3)cccc12. The zero-order valence-electron chi connectivity index (χ0n) is 23.0. The lowest BCUT2D eigenvalue weighted by Crippen LogP contribution is -1.97. The highest BCUT2D eigenvalue weighted by molar-refractivity contribution is 6.12. The summed E-state index contributed by atoms with van der Waals surface area (Å²) in [5.41, 5.74) is 10.2. The molecule has 41 heavy (non-hydrogen) atoms. The summed E-state index contributed by atoms with van der Waals surface area (Å²) in [5.74, 6) is 0. The molecule has 3 heterocycles. The number of para-hydroxylation sites is 1. The smallest absolute Gasteiger partial charge is 0.0718 e. The molecule has 0 amide bonds. The molecule has 0 bridgehead atoms. The van der Waals surface area contributed by atoms with Gasteiger partial charge >= 0.3 is 0 Å². The highest BCUT2D eigenvalue weighted by Crippen LogP contribution is 2.38. The maximum Gasteiger partial charge on any atom is 0.0718 e. The quantitative estimate of drug-likeness (QED) is 0.230. The van der Waals surface area contributed by atoms with Crippen LogP contribution in [0.2, 0.25) is 0 Å². The van der Waals surface area contributed by atoms with Crippen LogP contribution in [0, 0.1) is 13.8 Å². The maximum atomic E-state index is 4.87. The second-order valence-corrected chi connectivity index (χ2v) is 10.8. The molecule has 0 spiro atoms. The molecule has 0 N–H and O–H groups in total. The number of fused-ring (bicyclic) bond motifs is 5. The molecular weight excluding hydrogens is 498 g/mol. The Morgan fingerprint density at radius 3 is 2.17 bits per heavy atom. The number of aryl methyl sites for hydroxylation is 1. The molecule has 0 aliphatic heterocycles. The van der Waals surface area contributed by atoms with Gasteiger partial charge in [0.1, 0.15) is 0 Å². The number of hydrogen-bond acceptors (Lipinski definition) is 2. The zero-order chi connectivity index (χ0) is 27.5. The van der Waals surface area contributed by atoms with E-state index in [0.717, 1.165) is 27.7 Å². The number of hydrogen-bond donors (Lipinski definition) is 0. The van der Waals surface area contributed by atoms with E-state index in [1.54, 1.807) is 0 Å². The van der Waals surface area contributed by atoms with E-state index < -0.39 is 0 Å². The highest BCUT2D eigenvalue weighted by atomic mass is 15.0. The lowest BCUT2D eigenvalue weighted by Gasteiger charge is -2.13. The summed E-state index contributed by atoms with van der Waals surface area (Å²) in [6.07, 6.45) is 3.90. The van der Waals surface area contributed by atoms with Crippen LogP contribution in [-0.2, 0) is 0 Å². The number of aromatic nitrogens is 3. The molecule has 8 rings (SSSR count). The Morgan fingerprint density at radius 1 is 0.537 bits per heavy atom. The second-order valence-electron chi connectivity index (χ2n) is 10.8. The van der Waals surface area contributed by atoms with Crippen molar-refractivity contribution in [3.63, 3.8) is 0 Å². The van der Waals surface area contributed by atoms with E-state index in [4.69, 9.17) is 4.98 Å². The Morgan fingerprint density at radius 2 is 1.32 bits per heavy atom. The van der Waals surface area contributed by atoms with Gasteiger partial charge < -0.3 is 4.57 Å². The van der Waals surface area contributed by atoms with Gasteiger partial charge in [-0.1, -0.05) is 84.9 Å². The molecule has 8 aromatic rings. The minimum Gasteiger partial charge on any atom is -0.313 e. The van der Waals surface area contributed by atoms with Crippen LogP contribution in [0.4, 0.5) is 0 Å². The van der Waals surface area contributed by atoms with Gasteiger partial charge in [0.05, 0.1) is 16.7 Å². The molecule has 5 aromatic carbocycles. The van der Waals surface area contributed by atoms with Crippen molar-refractivity contribution in [2.75, 3.05) is 0 Å². The van der Waals surface area contributed by atoms with Crippen molar-refractivity contribution in [3.8, 4) is 28.1 Å². The van der Waals surface area contributed by atoms with E-state index in [-0.39, 0.29) is 0 Å². The van der Waals surface area contributed by atoms with Crippen LogP contribution in [-0.4, -0.2) is 14.5 Å². The largest absolute Gasteiger partial charge is 0.313 e. The fourth-order valence-corrected chi connectivity index (χ4v) is 6.24. The van der Waals surface area contributed by atoms with E-state index >= 15 is 0 Å². The summed E-state index contributed by atoms with van der Waals surface area (Å²) >= 11 is 0. The van der Waals surface area contributed by atoms with Crippen molar-refractivity contribution in [1.29, 1.82) is 0 Å². The van der Waals surface area contributed by atoms with Crippen molar-refractivity contribution in [1.82, 2.24) is 14.5 Å². The molecule has 0 fully saturated rings. The molecule has 0 saturated carbocycles. The fraction of sp³-hybridized carbons (Fsp3) is 0.0526. The molecule has 3 nitrogen and oxygen atoms in total. The number of pyridine rings is 2. The molecule has 0 atom stereocenters. The molecule has 194 valence electrons. The van der Waals surface area contributed by atoms with E-state index in [1.807, 2.05) is 30.6 Å².